The number of halogens is 2. The number of phenolic OH excluding ortho intramolecular Hbond substituents is 1. The third kappa shape index (κ3) is 4.04. The summed E-state index contributed by atoms with van der Waals surface area (Å²) in [6.45, 7) is 1.15. The number of carbonyl (C=O) groups is 3. The van der Waals surface area contributed by atoms with E-state index in [0.29, 0.717) is 29.9 Å². The largest absolute Gasteiger partial charge is 0.508 e. The van der Waals surface area contributed by atoms with E-state index >= 15 is 0 Å². The summed E-state index contributed by atoms with van der Waals surface area (Å²) in [6, 6.07) is 0.630. The van der Waals surface area contributed by atoms with Gasteiger partial charge in [0.05, 0.1) is 11.6 Å². The van der Waals surface area contributed by atoms with Crippen LogP contribution in [0.3, 0.4) is 0 Å². The number of nitrogens with zero attached hydrogens (tertiary/aromatic N) is 3. The van der Waals surface area contributed by atoms with Crippen LogP contribution in [0.25, 0.3) is 5.76 Å². The Labute approximate surface area is 246 Å². The molecule has 13 heteroatoms. The zero-order valence-electron chi connectivity index (χ0n) is 24.4. The van der Waals surface area contributed by atoms with Gasteiger partial charge in [0.15, 0.2) is 11.4 Å². The lowest BCUT2D eigenvalue weighted by Crippen LogP contribution is -2.65. The summed E-state index contributed by atoms with van der Waals surface area (Å²) in [5.41, 5.74) is 2.86. The molecule has 1 saturated heterocycles. The Kier molecular flexibility index (Phi) is 6.33. The van der Waals surface area contributed by atoms with Crippen LogP contribution in [0.1, 0.15) is 36.0 Å². The number of primary amides is 1. The number of hydrogen-bond donors (Lipinski definition) is 5. The molecule has 3 fully saturated rings. The zero-order valence-corrected chi connectivity index (χ0v) is 24.4. The van der Waals surface area contributed by atoms with E-state index in [0.717, 1.165) is 0 Å². The number of carbonyl (C=O) groups excluding carboxylic acids is 3. The first kappa shape index (κ1) is 29.5. The minimum Gasteiger partial charge on any atom is -0.508 e. The molecule has 6 N–H and O–H groups in total. The maximum Gasteiger partial charge on any atom is 0.255 e. The summed E-state index contributed by atoms with van der Waals surface area (Å²) < 4.78 is 27.0. The Hall–Kier alpha value is -3.55. The van der Waals surface area contributed by atoms with Crippen LogP contribution < -0.4 is 10.6 Å². The smallest absolute Gasteiger partial charge is 0.255 e. The zero-order chi connectivity index (χ0) is 31.5. The maximum absolute atomic E-state index is 14.1. The van der Waals surface area contributed by atoms with Gasteiger partial charge in [-0.25, -0.2) is 8.78 Å². The van der Waals surface area contributed by atoms with Crippen molar-refractivity contribution >= 4 is 28.9 Å². The average molecular weight is 603 g/mol. The molecule has 0 aromatic heterocycles. The Morgan fingerprint density at radius 1 is 1.12 bits per heavy atom. The van der Waals surface area contributed by atoms with Gasteiger partial charge in [-0.2, -0.15) is 0 Å². The van der Waals surface area contributed by atoms with Crippen LogP contribution in [0.4, 0.5) is 14.5 Å². The number of aromatic hydroxyl groups is 1. The molecule has 11 nitrogen and oxygen atoms in total. The number of hydrogen-bond acceptors (Lipinski definition) is 10. The van der Waals surface area contributed by atoms with Crippen LogP contribution >= 0.6 is 0 Å². The molecule has 2 saturated carbocycles. The summed E-state index contributed by atoms with van der Waals surface area (Å²) in [7, 11) is 6.69. The quantitative estimate of drug-likeness (QED) is 0.310. The molecule has 1 aliphatic heterocycles. The second-order valence-electron chi connectivity index (χ2n) is 13.5. The number of benzene rings is 1. The maximum atomic E-state index is 14.1. The van der Waals surface area contributed by atoms with E-state index in [4.69, 9.17) is 5.73 Å². The van der Waals surface area contributed by atoms with Crippen LogP contribution in [-0.2, 0) is 27.3 Å². The molecule has 6 rings (SSSR count). The lowest BCUT2D eigenvalue weighted by atomic mass is 9.57. The van der Waals surface area contributed by atoms with Crippen molar-refractivity contribution in [1.82, 2.24) is 9.80 Å². The highest BCUT2D eigenvalue weighted by atomic mass is 19.3. The first-order valence-corrected chi connectivity index (χ1v) is 14.2. The number of amides is 1. The highest BCUT2D eigenvalue weighted by Crippen LogP contribution is 2.58. The van der Waals surface area contributed by atoms with E-state index in [1.807, 2.05) is 9.80 Å². The van der Waals surface area contributed by atoms with Gasteiger partial charge < -0.3 is 31.1 Å². The lowest BCUT2D eigenvalue weighted by molar-refractivity contribution is -0.215. The summed E-state index contributed by atoms with van der Waals surface area (Å²) in [5.74, 6) is -9.60. The normalized spacial score (nSPS) is 30.9. The number of anilines is 1. The van der Waals surface area contributed by atoms with Crippen LogP contribution in [0.5, 0.6) is 5.75 Å². The van der Waals surface area contributed by atoms with Crippen molar-refractivity contribution in [3.8, 4) is 5.75 Å². The number of likely N-dealkylation sites (N-methyl/N-ethyl adjacent to an activating group) is 1. The molecule has 1 heterocycles. The van der Waals surface area contributed by atoms with Gasteiger partial charge in [0.2, 0.25) is 11.7 Å². The van der Waals surface area contributed by atoms with Gasteiger partial charge in [0.1, 0.15) is 22.8 Å². The topological polar surface area (TPSA) is 168 Å². The van der Waals surface area contributed by atoms with E-state index < -0.39 is 69.4 Å². The molecule has 0 unspecified atom stereocenters. The molecule has 232 valence electrons. The SMILES string of the molecule is CN(C)c1cc(CN2CC3(C2)CC(F)(F)C3)c(O)c2c1C[C@H]1C[C@H]3[C@H](N(C)C)C(=O)C(C(N)=O)=C(O)[C@@]3(O)C(=O)C1=C2O. The first-order chi connectivity index (χ1) is 19.9. The number of phenols is 1. The van der Waals surface area contributed by atoms with Crippen molar-refractivity contribution in [2.75, 3.05) is 46.2 Å². The highest BCUT2D eigenvalue weighted by Gasteiger charge is 2.64. The third-order valence-corrected chi connectivity index (χ3v) is 10.0. The highest BCUT2D eigenvalue weighted by molar-refractivity contribution is 6.24. The van der Waals surface area contributed by atoms with Gasteiger partial charge in [0.25, 0.3) is 5.91 Å². The molecule has 1 amide bonds. The number of rotatable bonds is 5. The first-order valence-electron chi connectivity index (χ1n) is 14.2. The molecule has 43 heavy (non-hydrogen) atoms. The molecule has 0 radical (unpaired) electrons. The molecule has 4 aliphatic carbocycles. The van der Waals surface area contributed by atoms with Crippen molar-refractivity contribution in [3.63, 3.8) is 0 Å². The van der Waals surface area contributed by atoms with Crippen LogP contribution in [-0.4, -0.2) is 107 Å². The van der Waals surface area contributed by atoms with Gasteiger partial charge in [-0.1, -0.05) is 0 Å². The predicted molar refractivity (Wildman–Crippen MR) is 150 cm³/mol. The van der Waals surface area contributed by atoms with Gasteiger partial charge in [-0.3, -0.25) is 24.2 Å². The van der Waals surface area contributed by atoms with Crippen molar-refractivity contribution in [2.45, 2.75) is 49.8 Å². The number of aliphatic hydroxyl groups excluding tert-OH is 2. The van der Waals surface area contributed by atoms with Crippen molar-refractivity contribution < 1.29 is 43.6 Å². The summed E-state index contributed by atoms with van der Waals surface area (Å²) in [6.07, 6.45) is -0.136. The summed E-state index contributed by atoms with van der Waals surface area (Å²) >= 11 is 0. The number of ketones is 2. The van der Waals surface area contributed by atoms with Crippen LogP contribution in [0.15, 0.2) is 23.0 Å². The number of aliphatic hydroxyl groups is 3. The fourth-order valence-electron chi connectivity index (χ4n) is 8.39. The average Bonchev–Trinajstić information content (AvgIpc) is 2.84. The molecular formula is C30H36F2N4O7. The third-order valence-electron chi connectivity index (χ3n) is 10.0. The summed E-state index contributed by atoms with van der Waals surface area (Å²) in [5, 5.41) is 45.9. The van der Waals surface area contributed by atoms with E-state index in [2.05, 4.69) is 0 Å². The molecule has 4 atom stereocenters. The van der Waals surface area contributed by atoms with Crippen LogP contribution in [0, 0.1) is 17.3 Å². The van der Waals surface area contributed by atoms with E-state index in [-0.39, 0.29) is 49.1 Å². The minimum absolute atomic E-state index is 0.00163. The van der Waals surface area contributed by atoms with Gasteiger partial charge in [0, 0.05) is 74.7 Å². The molecule has 1 aromatic carbocycles. The van der Waals surface area contributed by atoms with Gasteiger partial charge in [-0.05, 0) is 44.5 Å². The van der Waals surface area contributed by atoms with Crippen molar-refractivity contribution in [2.24, 2.45) is 23.0 Å². The van der Waals surface area contributed by atoms with Crippen molar-refractivity contribution in [1.29, 1.82) is 0 Å². The van der Waals surface area contributed by atoms with Gasteiger partial charge >= 0.3 is 0 Å². The Morgan fingerprint density at radius 3 is 2.28 bits per heavy atom. The van der Waals surface area contributed by atoms with Gasteiger partial charge in [-0.15, -0.1) is 0 Å². The second kappa shape index (κ2) is 9.23. The van der Waals surface area contributed by atoms with E-state index in [1.165, 1.54) is 4.90 Å². The Morgan fingerprint density at radius 2 is 1.74 bits per heavy atom. The number of likely N-dealkylation sites (tertiary alicyclic amines) is 1. The van der Waals surface area contributed by atoms with Crippen molar-refractivity contribution in [3.05, 3.63) is 39.7 Å². The number of nitrogens with two attached hydrogens (primary N) is 1. The van der Waals surface area contributed by atoms with Crippen LogP contribution in [0.2, 0.25) is 0 Å². The molecule has 1 aromatic rings. The molecule has 0 bridgehead atoms. The molecule has 1 spiro atoms. The molecular weight excluding hydrogens is 566 g/mol. The number of Topliss-reactive ketones (excluding diaryl/α,β-unsaturated/α-hetero) is 2. The Bertz CT molecular complexity index is 1530. The number of alkyl halides is 2. The monoisotopic (exact) mass is 602 g/mol. The Balaban J connectivity index is 1.43. The number of fused-ring (bicyclic) bond motifs is 3. The molecule has 5 aliphatic rings. The van der Waals surface area contributed by atoms with E-state index in [9.17, 15) is 43.6 Å². The minimum atomic E-state index is -2.71. The van der Waals surface area contributed by atoms with E-state index in [1.54, 1.807) is 34.3 Å². The predicted octanol–water partition coefficient (Wildman–Crippen LogP) is 1.26. The second-order valence-corrected chi connectivity index (χ2v) is 13.5. The summed E-state index contributed by atoms with van der Waals surface area (Å²) in [4.78, 5) is 44.7. The standard InChI is InChI=1S/C30H36F2N4O7/c1-34(2)17-7-14(8-36-11-28(12-36)9-29(31,32)10-28)22(37)19-15(17)5-13-6-16-21(35(3)4)24(39)20(27(33)42)26(41)30(16,43)25(40)18(13)23(19)38/h7,13,16,21,37-38,41,43H,5-6,8-12H2,1-4H3,(H2,33,42)/t13-,16-,21-,30-/m0/s1. The fourth-order valence-corrected chi connectivity index (χ4v) is 8.39. The fraction of sp³-hybridized carbons (Fsp3) is 0.567. The lowest BCUT2D eigenvalue weighted by Gasteiger charge is -2.58.